The van der Waals surface area contributed by atoms with E-state index < -0.39 is 42.0 Å². The maximum Gasteiger partial charge on any atom is 0.336 e. The van der Waals surface area contributed by atoms with Crippen molar-refractivity contribution in [3.63, 3.8) is 0 Å². The molecular weight excluding hydrogens is 514 g/mol. The Morgan fingerprint density at radius 2 is 1.59 bits per heavy atom. The Bertz CT molecular complexity index is 1150. The van der Waals surface area contributed by atoms with E-state index in [1.54, 1.807) is 0 Å². The number of carbonyl (C=O) groups is 3. The highest BCUT2D eigenvalue weighted by molar-refractivity contribution is 5.88. The Labute approximate surface area is 224 Å². The summed E-state index contributed by atoms with van der Waals surface area (Å²) in [6.45, 7) is 4.88. The van der Waals surface area contributed by atoms with E-state index in [4.69, 9.17) is 29.9 Å². The van der Waals surface area contributed by atoms with Crippen molar-refractivity contribution in [2.45, 2.75) is 63.2 Å². The lowest BCUT2D eigenvalue weighted by Crippen LogP contribution is -2.42. The molecule has 0 aliphatic carbocycles. The molecule has 0 saturated carbocycles. The minimum atomic E-state index is -2.74. The van der Waals surface area contributed by atoms with Crippen LogP contribution >= 0.6 is 0 Å². The highest BCUT2D eigenvalue weighted by atomic mass is 16.7. The first kappa shape index (κ1) is 29.7. The number of carboxylic acids is 3. The van der Waals surface area contributed by atoms with E-state index in [1.807, 2.05) is 30.6 Å². The lowest BCUT2D eigenvalue weighted by atomic mass is 9.84. The second-order valence-electron chi connectivity index (χ2n) is 9.61. The molecule has 4 rings (SSSR count). The monoisotopic (exact) mass is 547 g/mol. The average molecular weight is 548 g/mol. The van der Waals surface area contributed by atoms with Crippen LogP contribution in [-0.4, -0.2) is 83.8 Å². The first-order chi connectivity index (χ1) is 18.4. The van der Waals surface area contributed by atoms with E-state index in [0.717, 1.165) is 60.9 Å². The predicted octanol–water partition coefficient (Wildman–Crippen LogP) is 1.39. The summed E-state index contributed by atoms with van der Waals surface area (Å²) in [6, 6.07) is 5.75. The van der Waals surface area contributed by atoms with Gasteiger partial charge >= 0.3 is 17.9 Å². The van der Waals surface area contributed by atoms with Crippen LogP contribution in [0.15, 0.2) is 30.6 Å². The van der Waals surface area contributed by atoms with E-state index >= 15 is 0 Å². The SMILES string of the molecule is CCCc1ncc(CN2CCC(O)(c3ccc4c(c3)OCO4)CC2)cn1.O=C(O)CC(O)(CC(=O)O)C(=O)O. The van der Waals surface area contributed by atoms with Crippen molar-refractivity contribution in [2.24, 2.45) is 0 Å². The Morgan fingerprint density at radius 1 is 1.00 bits per heavy atom. The molecule has 1 aromatic heterocycles. The van der Waals surface area contributed by atoms with Crippen molar-refractivity contribution < 1.29 is 49.4 Å². The minimum Gasteiger partial charge on any atom is -0.481 e. The number of hydrogen-bond acceptors (Lipinski definition) is 10. The second kappa shape index (κ2) is 12.8. The molecule has 212 valence electrons. The van der Waals surface area contributed by atoms with E-state index in [0.29, 0.717) is 12.8 Å². The van der Waals surface area contributed by atoms with Crippen molar-refractivity contribution in [3.05, 3.63) is 47.5 Å². The maximum atomic E-state index is 11.1. The summed E-state index contributed by atoms with van der Waals surface area (Å²) >= 11 is 0. The second-order valence-corrected chi connectivity index (χ2v) is 9.61. The van der Waals surface area contributed by atoms with Gasteiger partial charge < -0.3 is 35.0 Å². The van der Waals surface area contributed by atoms with Crippen molar-refractivity contribution in [1.82, 2.24) is 14.9 Å². The normalized spacial score (nSPS) is 16.2. The summed E-state index contributed by atoms with van der Waals surface area (Å²) in [6.07, 6.45) is 4.94. The molecule has 2 aliphatic heterocycles. The fourth-order valence-electron chi connectivity index (χ4n) is 4.34. The van der Waals surface area contributed by atoms with E-state index in [1.165, 1.54) is 0 Å². The van der Waals surface area contributed by atoms with Crippen LogP contribution in [0.2, 0.25) is 0 Å². The molecule has 0 amide bonds. The summed E-state index contributed by atoms with van der Waals surface area (Å²) < 4.78 is 10.8. The number of aromatic nitrogens is 2. The first-order valence-electron chi connectivity index (χ1n) is 12.5. The molecule has 5 N–H and O–H groups in total. The Kier molecular flexibility index (Phi) is 9.78. The van der Waals surface area contributed by atoms with Crippen molar-refractivity contribution in [3.8, 4) is 11.5 Å². The third kappa shape index (κ3) is 8.09. The number of rotatable bonds is 10. The topological polar surface area (TPSA) is 200 Å². The van der Waals surface area contributed by atoms with Gasteiger partial charge in [0.05, 0.1) is 18.4 Å². The van der Waals surface area contributed by atoms with Crippen molar-refractivity contribution in [1.29, 1.82) is 0 Å². The number of likely N-dealkylation sites (tertiary alicyclic amines) is 1. The van der Waals surface area contributed by atoms with Crippen LogP contribution in [-0.2, 0) is 33.0 Å². The van der Waals surface area contributed by atoms with Gasteiger partial charge in [-0.1, -0.05) is 13.0 Å². The van der Waals surface area contributed by atoms with Gasteiger partial charge in [-0.15, -0.1) is 0 Å². The number of hydrogen-bond donors (Lipinski definition) is 5. The summed E-state index contributed by atoms with van der Waals surface area (Å²) in [5.74, 6) is -2.63. The number of carboxylic acid groups (broad SMARTS) is 3. The minimum absolute atomic E-state index is 0.254. The zero-order valence-electron chi connectivity index (χ0n) is 21.6. The van der Waals surface area contributed by atoms with Crippen molar-refractivity contribution in [2.75, 3.05) is 19.9 Å². The molecular formula is C26H33N3O10. The predicted molar refractivity (Wildman–Crippen MR) is 134 cm³/mol. The molecule has 0 atom stereocenters. The van der Waals surface area contributed by atoms with E-state index in [2.05, 4.69) is 21.8 Å². The quantitative estimate of drug-likeness (QED) is 0.286. The number of piperidine rings is 1. The maximum absolute atomic E-state index is 11.1. The van der Waals surface area contributed by atoms with Crippen molar-refractivity contribution >= 4 is 17.9 Å². The Morgan fingerprint density at radius 3 is 2.13 bits per heavy atom. The molecule has 0 spiro atoms. The summed E-state index contributed by atoms with van der Waals surface area (Å²) in [4.78, 5) is 41.7. The number of aliphatic hydroxyl groups is 2. The van der Waals surface area contributed by atoms with Crippen LogP contribution in [0.4, 0.5) is 0 Å². The highest BCUT2D eigenvalue weighted by Gasteiger charge is 2.41. The number of aliphatic carboxylic acids is 3. The van der Waals surface area contributed by atoms with Gasteiger partial charge in [-0.2, -0.15) is 0 Å². The fourth-order valence-corrected chi connectivity index (χ4v) is 4.34. The van der Waals surface area contributed by atoms with Crippen LogP contribution in [0.1, 0.15) is 56.0 Å². The lowest BCUT2D eigenvalue weighted by Gasteiger charge is -2.38. The standard InChI is InChI=1S/C20H25N3O3.C6H8O7/c1-2-3-19-21-11-15(12-22-19)13-23-8-6-20(24,7-9-23)16-4-5-17-18(10-16)26-14-25-17;7-3(8)1-6(13,5(11)12)2-4(9)10/h4-5,10-12,24H,2-3,6-9,13-14H2,1H3;13H,1-2H2,(H,7,8)(H,9,10)(H,11,12). The van der Waals surface area contributed by atoms with Gasteiger partial charge in [0.1, 0.15) is 5.82 Å². The van der Waals surface area contributed by atoms with Gasteiger partial charge in [0.25, 0.3) is 0 Å². The zero-order valence-corrected chi connectivity index (χ0v) is 21.6. The number of benzene rings is 1. The molecule has 1 aromatic carbocycles. The van der Waals surface area contributed by atoms with Gasteiger partial charge in [0.2, 0.25) is 6.79 Å². The number of fused-ring (bicyclic) bond motifs is 1. The smallest absolute Gasteiger partial charge is 0.336 e. The van der Waals surface area contributed by atoms with E-state index in [9.17, 15) is 19.5 Å². The molecule has 13 nitrogen and oxygen atoms in total. The first-order valence-corrected chi connectivity index (χ1v) is 12.5. The summed E-state index contributed by atoms with van der Waals surface area (Å²) in [5.41, 5.74) is -1.51. The molecule has 2 aromatic rings. The third-order valence-corrected chi connectivity index (χ3v) is 6.52. The van der Waals surface area contributed by atoms with Crippen LogP contribution in [0.25, 0.3) is 0 Å². The molecule has 0 radical (unpaired) electrons. The lowest BCUT2D eigenvalue weighted by molar-refractivity contribution is -0.170. The summed E-state index contributed by atoms with van der Waals surface area (Å²) in [5, 5.41) is 44.9. The van der Waals surface area contributed by atoms with Gasteiger partial charge in [-0.05, 0) is 37.0 Å². The largest absolute Gasteiger partial charge is 0.481 e. The number of aryl methyl sites for hydroxylation is 1. The van der Waals surface area contributed by atoms with Gasteiger partial charge in [-0.25, -0.2) is 14.8 Å². The van der Waals surface area contributed by atoms with Gasteiger partial charge in [0, 0.05) is 44.0 Å². The van der Waals surface area contributed by atoms with Crippen LogP contribution < -0.4 is 9.47 Å². The molecule has 0 bridgehead atoms. The number of ether oxygens (including phenoxy) is 2. The van der Waals surface area contributed by atoms with E-state index in [-0.39, 0.29) is 6.79 Å². The summed E-state index contributed by atoms with van der Waals surface area (Å²) in [7, 11) is 0. The molecule has 39 heavy (non-hydrogen) atoms. The van der Waals surface area contributed by atoms with Gasteiger partial charge in [-0.3, -0.25) is 14.5 Å². The average Bonchev–Trinajstić information content (AvgIpc) is 3.34. The molecule has 3 heterocycles. The van der Waals surface area contributed by atoms with Crippen LogP contribution in [0.5, 0.6) is 11.5 Å². The zero-order chi connectivity index (χ0) is 28.6. The third-order valence-electron chi connectivity index (χ3n) is 6.52. The number of nitrogens with zero attached hydrogens (tertiary/aromatic N) is 3. The van der Waals surface area contributed by atoms with Crippen LogP contribution in [0, 0.1) is 0 Å². The Hall–Kier alpha value is -3.81. The van der Waals surface area contributed by atoms with Crippen LogP contribution in [0.3, 0.4) is 0 Å². The molecule has 1 fully saturated rings. The van der Waals surface area contributed by atoms with Gasteiger partial charge in [0.15, 0.2) is 17.1 Å². The molecule has 0 unspecified atom stereocenters. The fraction of sp³-hybridized carbons (Fsp3) is 0.500. The molecule has 13 heteroatoms. The highest BCUT2D eigenvalue weighted by Crippen LogP contribution is 2.39. The molecule has 1 saturated heterocycles. The Balaban J connectivity index is 0.000000276. The molecule has 2 aliphatic rings.